The maximum atomic E-state index is 11.9. The van der Waals surface area contributed by atoms with Gasteiger partial charge in [0.2, 0.25) is 0 Å². The lowest BCUT2D eigenvalue weighted by molar-refractivity contribution is 0.0605. The predicted octanol–water partition coefficient (Wildman–Crippen LogP) is 3.41. The minimum atomic E-state index is -0.350. The van der Waals surface area contributed by atoms with Gasteiger partial charge in [-0.15, -0.1) is 11.3 Å². The minimum Gasteiger partial charge on any atom is -0.497 e. The Morgan fingerprint density at radius 3 is 2.62 bits per heavy atom. The molecule has 3 rings (SSSR count). The van der Waals surface area contributed by atoms with Crippen LogP contribution in [-0.4, -0.2) is 30.2 Å². The highest BCUT2D eigenvalue weighted by Crippen LogP contribution is 2.33. The molecule has 3 aromatic rings. The molecule has 0 radical (unpaired) electrons. The van der Waals surface area contributed by atoms with Crippen molar-refractivity contribution in [2.24, 2.45) is 0 Å². The first-order chi connectivity index (χ1) is 11.6. The Morgan fingerprint density at radius 1 is 1.21 bits per heavy atom. The summed E-state index contributed by atoms with van der Waals surface area (Å²) in [4.78, 5) is 21.8. The molecule has 0 fully saturated rings. The topological polar surface area (TPSA) is 73.3 Å². The summed E-state index contributed by atoms with van der Waals surface area (Å²) in [6, 6.07) is 7.81. The first kappa shape index (κ1) is 16.2. The Kier molecular flexibility index (Phi) is 4.61. The van der Waals surface area contributed by atoms with Crippen LogP contribution in [0.1, 0.15) is 20.8 Å². The van der Waals surface area contributed by atoms with Crippen molar-refractivity contribution in [2.45, 2.75) is 13.5 Å². The number of fused-ring (bicyclic) bond motifs is 1. The molecule has 0 saturated heterocycles. The number of thiophene rings is 1. The summed E-state index contributed by atoms with van der Waals surface area (Å²) in [5, 5.41) is 4.17. The van der Waals surface area contributed by atoms with Crippen LogP contribution in [0, 0.1) is 6.92 Å². The van der Waals surface area contributed by atoms with Crippen LogP contribution < -0.4 is 10.1 Å². The van der Waals surface area contributed by atoms with Crippen molar-refractivity contribution < 1.29 is 14.3 Å². The van der Waals surface area contributed by atoms with Gasteiger partial charge in [-0.25, -0.2) is 14.8 Å². The summed E-state index contributed by atoms with van der Waals surface area (Å²) in [7, 11) is 3.02. The second-order valence-electron chi connectivity index (χ2n) is 5.15. The second kappa shape index (κ2) is 6.84. The summed E-state index contributed by atoms with van der Waals surface area (Å²) in [5.41, 5.74) is 1.93. The van der Waals surface area contributed by atoms with E-state index >= 15 is 0 Å². The third kappa shape index (κ3) is 3.03. The lowest BCUT2D eigenvalue weighted by atomic mass is 10.2. The van der Waals surface area contributed by atoms with E-state index in [1.54, 1.807) is 7.11 Å². The number of esters is 1. The van der Waals surface area contributed by atoms with Crippen LogP contribution in [0.2, 0.25) is 0 Å². The zero-order chi connectivity index (χ0) is 17.1. The maximum absolute atomic E-state index is 11.9. The van der Waals surface area contributed by atoms with E-state index < -0.39 is 0 Å². The van der Waals surface area contributed by atoms with Crippen molar-refractivity contribution in [3.05, 3.63) is 46.6 Å². The zero-order valence-corrected chi connectivity index (χ0v) is 14.4. The van der Waals surface area contributed by atoms with Gasteiger partial charge in [0.25, 0.3) is 0 Å². The normalized spacial score (nSPS) is 10.6. The summed E-state index contributed by atoms with van der Waals surface area (Å²) in [6.07, 6.45) is 1.50. The molecule has 0 amide bonds. The Hall–Kier alpha value is -2.67. The number of hydrogen-bond acceptors (Lipinski definition) is 7. The number of ether oxygens (including phenoxy) is 2. The molecule has 6 nitrogen and oxygen atoms in total. The average Bonchev–Trinajstić information content (AvgIpc) is 2.97. The number of carbonyl (C=O) groups is 1. The smallest absolute Gasteiger partial charge is 0.348 e. The van der Waals surface area contributed by atoms with Gasteiger partial charge in [-0.1, -0.05) is 12.1 Å². The Bertz CT molecular complexity index is 875. The number of nitrogens with zero attached hydrogens (tertiary/aromatic N) is 2. The molecule has 1 aromatic carbocycles. The van der Waals surface area contributed by atoms with Crippen molar-refractivity contribution in [1.82, 2.24) is 9.97 Å². The highest BCUT2D eigenvalue weighted by molar-refractivity contribution is 7.20. The molecule has 0 unspecified atom stereocenters. The quantitative estimate of drug-likeness (QED) is 0.716. The van der Waals surface area contributed by atoms with Gasteiger partial charge in [0.15, 0.2) is 0 Å². The number of nitrogens with one attached hydrogen (secondary N) is 1. The van der Waals surface area contributed by atoms with E-state index in [1.807, 2.05) is 31.2 Å². The average molecular weight is 343 g/mol. The molecule has 0 atom stereocenters. The van der Waals surface area contributed by atoms with Gasteiger partial charge in [-0.2, -0.15) is 0 Å². The standard InChI is InChI=1S/C17H17N3O3S/c1-10-13-15(18-8-11-4-6-12(22-2)7-5-11)19-9-20-16(13)24-14(10)17(21)23-3/h4-7,9H,8H2,1-3H3,(H,18,19,20). The van der Waals surface area contributed by atoms with Crippen molar-refractivity contribution >= 4 is 33.3 Å². The van der Waals surface area contributed by atoms with Crippen LogP contribution in [0.3, 0.4) is 0 Å². The van der Waals surface area contributed by atoms with Crippen LogP contribution >= 0.6 is 11.3 Å². The van der Waals surface area contributed by atoms with Gasteiger partial charge >= 0.3 is 5.97 Å². The van der Waals surface area contributed by atoms with Crippen molar-refractivity contribution in [3.8, 4) is 5.75 Å². The number of hydrogen-bond donors (Lipinski definition) is 1. The van der Waals surface area contributed by atoms with Gasteiger partial charge in [-0.05, 0) is 30.2 Å². The Morgan fingerprint density at radius 2 is 1.96 bits per heavy atom. The number of benzene rings is 1. The van der Waals surface area contributed by atoms with E-state index in [4.69, 9.17) is 9.47 Å². The molecule has 2 heterocycles. The SMILES string of the molecule is COC(=O)c1sc2ncnc(NCc3ccc(OC)cc3)c2c1C. The van der Waals surface area contributed by atoms with E-state index in [0.717, 1.165) is 27.1 Å². The molecule has 0 aliphatic rings. The molecule has 0 aliphatic heterocycles. The fraction of sp³-hybridized carbons (Fsp3) is 0.235. The van der Waals surface area contributed by atoms with Crippen molar-refractivity contribution in [1.29, 1.82) is 0 Å². The van der Waals surface area contributed by atoms with E-state index in [0.29, 0.717) is 17.2 Å². The Labute approximate surface area is 143 Å². The van der Waals surface area contributed by atoms with E-state index in [2.05, 4.69) is 15.3 Å². The first-order valence-corrected chi connectivity index (χ1v) is 8.15. The third-order valence-corrected chi connectivity index (χ3v) is 4.90. The minimum absolute atomic E-state index is 0.350. The number of anilines is 1. The molecule has 0 spiro atoms. The fourth-order valence-corrected chi connectivity index (χ4v) is 3.49. The highest BCUT2D eigenvalue weighted by Gasteiger charge is 2.19. The number of rotatable bonds is 5. The van der Waals surface area contributed by atoms with Crippen molar-refractivity contribution in [3.63, 3.8) is 0 Å². The molecule has 0 bridgehead atoms. The number of aromatic nitrogens is 2. The molecule has 1 N–H and O–H groups in total. The van der Waals surface area contributed by atoms with Gasteiger partial charge < -0.3 is 14.8 Å². The van der Waals surface area contributed by atoms with Crippen LogP contribution in [0.5, 0.6) is 5.75 Å². The summed E-state index contributed by atoms with van der Waals surface area (Å²) in [5.74, 6) is 1.18. The maximum Gasteiger partial charge on any atom is 0.348 e. The fourth-order valence-electron chi connectivity index (χ4n) is 2.42. The number of carbonyl (C=O) groups excluding carboxylic acids is 1. The number of methoxy groups -OCH3 is 2. The molecule has 0 aliphatic carbocycles. The largest absolute Gasteiger partial charge is 0.497 e. The highest BCUT2D eigenvalue weighted by atomic mass is 32.1. The monoisotopic (exact) mass is 343 g/mol. The van der Waals surface area contributed by atoms with Crippen LogP contribution in [0.25, 0.3) is 10.2 Å². The summed E-state index contributed by atoms with van der Waals surface area (Å²) in [6.45, 7) is 2.49. The molecular formula is C17H17N3O3S. The molecular weight excluding hydrogens is 326 g/mol. The van der Waals surface area contributed by atoms with Crippen LogP contribution in [-0.2, 0) is 11.3 Å². The Balaban J connectivity index is 1.88. The van der Waals surface area contributed by atoms with Gasteiger partial charge in [0.05, 0.1) is 19.6 Å². The zero-order valence-electron chi connectivity index (χ0n) is 13.6. The number of aryl methyl sites for hydroxylation is 1. The second-order valence-corrected chi connectivity index (χ2v) is 6.15. The van der Waals surface area contributed by atoms with Gasteiger partial charge in [0.1, 0.15) is 27.6 Å². The van der Waals surface area contributed by atoms with E-state index in [9.17, 15) is 4.79 Å². The summed E-state index contributed by atoms with van der Waals surface area (Å²) >= 11 is 1.32. The van der Waals surface area contributed by atoms with E-state index in [-0.39, 0.29) is 5.97 Å². The van der Waals surface area contributed by atoms with Gasteiger partial charge in [-0.3, -0.25) is 0 Å². The molecule has 24 heavy (non-hydrogen) atoms. The molecule has 124 valence electrons. The predicted molar refractivity (Wildman–Crippen MR) is 93.8 cm³/mol. The van der Waals surface area contributed by atoms with Gasteiger partial charge in [0, 0.05) is 6.54 Å². The first-order valence-electron chi connectivity index (χ1n) is 7.33. The summed E-state index contributed by atoms with van der Waals surface area (Å²) < 4.78 is 9.99. The lowest BCUT2D eigenvalue weighted by Crippen LogP contribution is -2.03. The van der Waals surface area contributed by atoms with Crippen LogP contribution in [0.15, 0.2) is 30.6 Å². The lowest BCUT2D eigenvalue weighted by Gasteiger charge is -2.08. The third-order valence-electron chi connectivity index (χ3n) is 3.72. The van der Waals surface area contributed by atoms with Crippen LogP contribution in [0.4, 0.5) is 5.82 Å². The van der Waals surface area contributed by atoms with E-state index in [1.165, 1.54) is 24.8 Å². The molecule has 0 saturated carbocycles. The van der Waals surface area contributed by atoms with Crippen molar-refractivity contribution in [2.75, 3.05) is 19.5 Å². The molecule has 7 heteroatoms. The molecule has 2 aromatic heterocycles.